The van der Waals surface area contributed by atoms with Crippen LogP contribution in [0.15, 0.2) is 24.3 Å². The molecule has 0 amide bonds. The van der Waals surface area contributed by atoms with Crippen LogP contribution in [0, 0.1) is 12.8 Å². The summed E-state index contributed by atoms with van der Waals surface area (Å²) < 4.78 is 0. The van der Waals surface area contributed by atoms with E-state index in [4.69, 9.17) is 0 Å². The number of rotatable bonds is 3. The van der Waals surface area contributed by atoms with Crippen molar-refractivity contribution in [3.8, 4) is 0 Å². The van der Waals surface area contributed by atoms with E-state index >= 15 is 0 Å². The quantitative estimate of drug-likeness (QED) is 0.901. The van der Waals surface area contributed by atoms with Gasteiger partial charge in [0.05, 0.1) is 0 Å². The van der Waals surface area contributed by atoms with Crippen LogP contribution in [0.4, 0.5) is 0 Å². The van der Waals surface area contributed by atoms with Crippen molar-refractivity contribution in [2.75, 3.05) is 26.2 Å². The third-order valence-corrected chi connectivity index (χ3v) is 4.81. The van der Waals surface area contributed by atoms with Gasteiger partial charge in [0.25, 0.3) is 0 Å². The molecule has 1 aromatic rings. The molecule has 1 aromatic carbocycles. The van der Waals surface area contributed by atoms with Gasteiger partial charge in [-0.1, -0.05) is 42.7 Å². The second-order valence-electron chi connectivity index (χ2n) is 6.19. The largest absolute Gasteiger partial charge is 0.314 e. The Hall–Kier alpha value is -0.280. The van der Waals surface area contributed by atoms with Crippen LogP contribution in [0.3, 0.4) is 0 Å². The van der Waals surface area contributed by atoms with Crippen LogP contribution in [0.2, 0.25) is 0 Å². The molecule has 0 spiro atoms. The summed E-state index contributed by atoms with van der Waals surface area (Å²) in [5, 5.41) is 3.48. The van der Waals surface area contributed by atoms with Crippen LogP contribution < -0.4 is 5.32 Å². The first kappa shape index (κ1) is 18.8. The molecule has 3 rings (SSSR count). The van der Waals surface area contributed by atoms with Crippen molar-refractivity contribution in [2.45, 2.75) is 38.6 Å². The summed E-state index contributed by atoms with van der Waals surface area (Å²) in [7, 11) is 0. The van der Waals surface area contributed by atoms with E-state index in [0.29, 0.717) is 6.04 Å². The summed E-state index contributed by atoms with van der Waals surface area (Å²) in [5.74, 6) is 0.876. The number of halogens is 2. The lowest BCUT2D eigenvalue weighted by atomic mass is 9.89. The molecule has 120 valence electrons. The van der Waals surface area contributed by atoms with Gasteiger partial charge in [-0.05, 0) is 31.2 Å². The Bertz CT molecular complexity index is 396. The SMILES string of the molecule is Cc1ccc([C@@H](C2CCCC2)N2CCNCC2)cc1.Cl.Cl. The fourth-order valence-corrected chi connectivity index (χ4v) is 3.78. The van der Waals surface area contributed by atoms with Gasteiger partial charge in [-0.3, -0.25) is 4.90 Å². The molecule has 2 aliphatic rings. The Kier molecular flexibility index (Phi) is 8.04. The Morgan fingerprint density at radius 1 is 1.00 bits per heavy atom. The van der Waals surface area contributed by atoms with Crippen LogP contribution in [-0.2, 0) is 0 Å². The van der Waals surface area contributed by atoms with E-state index in [1.54, 1.807) is 5.56 Å². The summed E-state index contributed by atoms with van der Waals surface area (Å²) >= 11 is 0. The van der Waals surface area contributed by atoms with E-state index < -0.39 is 0 Å². The van der Waals surface area contributed by atoms with E-state index in [1.807, 2.05) is 0 Å². The maximum Gasteiger partial charge on any atom is 0.0377 e. The molecule has 0 radical (unpaired) electrons. The highest BCUT2D eigenvalue weighted by Gasteiger charge is 2.31. The predicted octanol–water partition coefficient (Wildman–Crippen LogP) is 3.98. The van der Waals surface area contributed by atoms with Crippen LogP contribution in [0.5, 0.6) is 0 Å². The summed E-state index contributed by atoms with van der Waals surface area (Å²) in [4.78, 5) is 2.72. The molecule has 1 saturated carbocycles. The van der Waals surface area contributed by atoms with Gasteiger partial charge in [0, 0.05) is 32.2 Å². The summed E-state index contributed by atoms with van der Waals surface area (Å²) in [6.45, 7) is 6.88. The Balaban J connectivity index is 0.00000110. The van der Waals surface area contributed by atoms with Gasteiger partial charge >= 0.3 is 0 Å². The van der Waals surface area contributed by atoms with Crippen LogP contribution in [0.1, 0.15) is 42.9 Å². The van der Waals surface area contributed by atoms with E-state index in [0.717, 1.165) is 19.0 Å². The third kappa shape index (κ3) is 4.59. The smallest absolute Gasteiger partial charge is 0.0377 e. The van der Waals surface area contributed by atoms with Gasteiger partial charge < -0.3 is 5.32 Å². The monoisotopic (exact) mass is 330 g/mol. The van der Waals surface area contributed by atoms with Gasteiger partial charge in [-0.2, -0.15) is 0 Å². The molecular formula is C17H28Cl2N2. The van der Waals surface area contributed by atoms with Crippen molar-refractivity contribution < 1.29 is 0 Å². The lowest BCUT2D eigenvalue weighted by Crippen LogP contribution is -2.46. The second kappa shape index (κ2) is 8.99. The lowest BCUT2D eigenvalue weighted by molar-refractivity contribution is 0.125. The van der Waals surface area contributed by atoms with Gasteiger partial charge in [-0.25, -0.2) is 0 Å². The lowest BCUT2D eigenvalue weighted by Gasteiger charge is -2.38. The molecule has 1 N–H and O–H groups in total. The Morgan fingerprint density at radius 3 is 2.14 bits per heavy atom. The highest BCUT2D eigenvalue weighted by molar-refractivity contribution is 5.85. The zero-order valence-electron chi connectivity index (χ0n) is 12.9. The molecule has 1 aliphatic heterocycles. The van der Waals surface area contributed by atoms with Crippen molar-refractivity contribution in [1.82, 2.24) is 10.2 Å². The number of aryl methyl sites for hydroxylation is 1. The minimum Gasteiger partial charge on any atom is -0.314 e. The molecule has 1 saturated heterocycles. The second-order valence-corrected chi connectivity index (χ2v) is 6.19. The number of benzene rings is 1. The first-order valence-corrected chi connectivity index (χ1v) is 7.86. The zero-order valence-corrected chi connectivity index (χ0v) is 14.5. The average Bonchev–Trinajstić information content (AvgIpc) is 2.96. The Labute approximate surface area is 141 Å². The van der Waals surface area contributed by atoms with Gasteiger partial charge in [0.1, 0.15) is 0 Å². The van der Waals surface area contributed by atoms with Gasteiger partial charge in [0.15, 0.2) is 0 Å². The molecule has 1 heterocycles. The standard InChI is InChI=1S/C17H26N2.2ClH/c1-14-6-8-16(9-7-14)17(15-4-2-3-5-15)19-12-10-18-11-13-19;;/h6-9,15,17-18H,2-5,10-13H2,1H3;2*1H/t17-;;/m1../s1. The molecule has 1 atom stereocenters. The number of piperazine rings is 1. The fourth-order valence-electron chi connectivity index (χ4n) is 3.78. The van der Waals surface area contributed by atoms with E-state index in [1.165, 1.54) is 44.3 Å². The summed E-state index contributed by atoms with van der Waals surface area (Å²) in [5.41, 5.74) is 2.91. The molecule has 1 aliphatic carbocycles. The molecular weight excluding hydrogens is 303 g/mol. The van der Waals surface area contributed by atoms with Gasteiger partial charge in [0.2, 0.25) is 0 Å². The van der Waals surface area contributed by atoms with E-state index in [9.17, 15) is 0 Å². The minimum absolute atomic E-state index is 0. The molecule has 21 heavy (non-hydrogen) atoms. The molecule has 0 unspecified atom stereocenters. The molecule has 0 aromatic heterocycles. The van der Waals surface area contributed by atoms with Crippen molar-refractivity contribution in [2.24, 2.45) is 5.92 Å². The van der Waals surface area contributed by atoms with Crippen molar-refractivity contribution >= 4 is 24.8 Å². The van der Waals surface area contributed by atoms with Crippen molar-refractivity contribution in [3.05, 3.63) is 35.4 Å². The number of nitrogens with zero attached hydrogens (tertiary/aromatic N) is 1. The van der Waals surface area contributed by atoms with Crippen LogP contribution in [0.25, 0.3) is 0 Å². The summed E-state index contributed by atoms with van der Waals surface area (Å²) in [6.07, 6.45) is 5.70. The molecule has 2 fully saturated rings. The number of nitrogens with one attached hydrogen (secondary N) is 1. The first-order chi connectivity index (χ1) is 9.34. The third-order valence-electron chi connectivity index (χ3n) is 4.81. The fraction of sp³-hybridized carbons (Fsp3) is 0.647. The number of hydrogen-bond acceptors (Lipinski definition) is 2. The van der Waals surface area contributed by atoms with E-state index in [-0.39, 0.29) is 24.8 Å². The molecule has 0 bridgehead atoms. The minimum atomic E-state index is 0. The predicted molar refractivity (Wildman–Crippen MR) is 94.8 cm³/mol. The number of hydrogen-bond donors (Lipinski definition) is 1. The maximum absolute atomic E-state index is 3.48. The topological polar surface area (TPSA) is 15.3 Å². The maximum atomic E-state index is 3.48. The molecule has 4 heteroatoms. The highest BCUT2D eigenvalue weighted by Crippen LogP contribution is 2.39. The average molecular weight is 331 g/mol. The molecule has 2 nitrogen and oxygen atoms in total. The van der Waals surface area contributed by atoms with Crippen LogP contribution >= 0.6 is 24.8 Å². The highest BCUT2D eigenvalue weighted by atomic mass is 35.5. The van der Waals surface area contributed by atoms with Crippen molar-refractivity contribution in [3.63, 3.8) is 0 Å². The summed E-state index contributed by atoms with van der Waals surface area (Å²) in [6, 6.07) is 9.94. The van der Waals surface area contributed by atoms with E-state index in [2.05, 4.69) is 41.4 Å². The van der Waals surface area contributed by atoms with Crippen molar-refractivity contribution in [1.29, 1.82) is 0 Å². The Morgan fingerprint density at radius 2 is 1.57 bits per heavy atom. The normalized spacial score (nSPS) is 21.4. The van der Waals surface area contributed by atoms with Crippen LogP contribution in [-0.4, -0.2) is 31.1 Å². The zero-order chi connectivity index (χ0) is 13.1. The first-order valence-electron chi connectivity index (χ1n) is 7.86. The van der Waals surface area contributed by atoms with Gasteiger partial charge in [-0.15, -0.1) is 24.8 Å².